The van der Waals surface area contributed by atoms with E-state index >= 15 is 0 Å². The van der Waals surface area contributed by atoms with Gasteiger partial charge in [-0.25, -0.2) is 13.1 Å². The van der Waals surface area contributed by atoms with Gasteiger partial charge in [0.25, 0.3) is 5.91 Å². The second-order valence-corrected chi connectivity index (χ2v) is 9.33. The van der Waals surface area contributed by atoms with Crippen molar-refractivity contribution in [2.24, 2.45) is 5.73 Å². The lowest BCUT2D eigenvalue weighted by molar-refractivity contribution is -0.122. The lowest BCUT2D eigenvalue weighted by Gasteiger charge is -2.23. The number of sulfonamides is 1. The van der Waals surface area contributed by atoms with Crippen molar-refractivity contribution in [1.82, 2.24) is 9.62 Å². The first-order valence-corrected chi connectivity index (χ1v) is 11.8. The fourth-order valence-electron chi connectivity index (χ4n) is 3.70. The molecule has 1 atom stereocenters. The normalized spacial score (nSPS) is 16.7. The van der Waals surface area contributed by atoms with Gasteiger partial charge >= 0.3 is 0 Å². The van der Waals surface area contributed by atoms with Crippen LogP contribution in [0.3, 0.4) is 0 Å². The number of anilines is 1. The molecule has 4 N–H and O–H groups in total. The van der Waals surface area contributed by atoms with Crippen LogP contribution < -0.4 is 15.8 Å². The van der Waals surface area contributed by atoms with Gasteiger partial charge in [0.05, 0.1) is 17.5 Å². The second-order valence-electron chi connectivity index (χ2n) is 7.56. The molecule has 1 saturated heterocycles. The van der Waals surface area contributed by atoms with Gasteiger partial charge in [0.15, 0.2) is 0 Å². The molecule has 1 heterocycles. The van der Waals surface area contributed by atoms with E-state index in [0.717, 1.165) is 24.9 Å². The van der Waals surface area contributed by atoms with E-state index < -0.39 is 15.9 Å². The number of likely N-dealkylation sites (tertiary alicyclic amines) is 1. The Bertz CT molecular complexity index is 1070. The maximum atomic E-state index is 12.9. The summed E-state index contributed by atoms with van der Waals surface area (Å²) >= 11 is 0. The highest BCUT2D eigenvalue weighted by atomic mass is 32.2. The third-order valence-electron chi connectivity index (χ3n) is 5.34. The van der Waals surface area contributed by atoms with Crippen LogP contribution in [0.4, 0.5) is 5.69 Å². The molecule has 2 aromatic rings. The molecule has 1 aliphatic rings. The molecule has 0 aliphatic carbocycles. The van der Waals surface area contributed by atoms with Gasteiger partial charge in [-0.3, -0.25) is 14.5 Å². The molecule has 172 valence electrons. The Morgan fingerprint density at radius 1 is 1.19 bits per heavy atom. The van der Waals surface area contributed by atoms with Crippen LogP contribution in [0.2, 0.25) is 0 Å². The number of carbonyl (C=O) groups excluding carboxylic acids is 2. The van der Waals surface area contributed by atoms with Gasteiger partial charge in [-0.1, -0.05) is 24.3 Å². The lowest BCUT2D eigenvalue weighted by atomic mass is 10.1. The van der Waals surface area contributed by atoms with Crippen LogP contribution >= 0.6 is 0 Å². The van der Waals surface area contributed by atoms with E-state index in [0.29, 0.717) is 12.2 Å². The summed E-state index contributed by atoms with van der Waals surface area (Å²) in [5, 5.41) is 2.86. The van der Waals surface area contributed by atoms with E-state index in [4.69, 9.17) is 10.5 Å². The molecule has 3 rings (SSSR count). The highest BCUT2D eigenvalue weighted by Crippen LogP contribution is 2.24. The van der Waals surface area contributed by atoms with E-state index in [9.17, 15) is 18.0 Å². The molecule has 32 heavy (non-hydrogen) atoms. The number of ether oxygens (including phenoxy) is 1. The van der Waals surface area contributed by atoms with Gasteiger partial charge < -0.3 is 15.8 Å². The molecule has 9 nitrogen and oxygen atoms in total. The number of benzene rings is 2. The summed E-state index contributed by atoms with van der Waals surface area (Å²) in [6.45, 7) is 1.60. The molecule has 0 radical (unpaired) electrons. The van der Waals surface area contributed by atoms with Gasteiger partial charge in [0.1, 0.15) is 0 Å². The summed E-state index contributed by atoms with van der Waals surface area (Å²) in [4.78, 5) is 26.6. The molecule has 2 amide bonds. The molecule has 1 aliphatic heterocycles. The number of amides is 2. The van der Waals surface area contributed by atoms with E-state index in [-0.39, 0.29) is 35.6 Å². The Kier molecular flexibility index (Phi) is 7.97. The summed E-state index contributed by atoms with van der Waals surface area (Å²) in [5.41, 5.74) is 7.17. The summed E-state index contributed by atoms with van der Waals surface area (Å²) in [6.07, 6.45) is 1.62. The van der Waals surface area contributed by atoms with Crippen molar-refractivity contribution in [3.8, 4) is 0 Å². The monoisotopic (exact) mass is 460 g/mol. The van der Waals surface area contributed by atoms with E-state index in [1.54, 1.807) is 18.2 Å². The number of hydrogen-bond acceptors (Lipinski definition) is 6. The average Bonchev–Trinajstić information content (AvgIpc) is 3.24. The average molecular weight is 461 g/mol. The number of methoxy groups -OCH3 is 1. The number of nitrogens with one attached hydrogen (secondary N) is 2. The Balaban J connectivity index is 1.75. The standard InChI is InChI=1S/C22H28N4O5S/c1-31-13-11-24-32(29,30)18-8-4-7-16(14-18)22(28)25-19-9-3-2-6-17(19)15-26-12-5-10-20(26)21(23)27/h2-4,6-9,14,20,24H,5,10-13,15H2,1H3,(H2,23,27)(H,25,28). The summed E-state index contributed by atoms with van der Waals surface area (Å²) < 4.78 is 32.2. The summed E-state index contributed by atoms with van der Waals surface area (Å²) in [6, 6.07) is 12.8. The van der Waals surface area contributed by atoms with Crippen molar-refractivity contribution in [3.63, 3.8) is 0 Å². The predicted octanol–water partition coefficient (Wildman–Crippen LogP) is 1.31. The number of nitrogens with two attached hydrogens (primary N) is 1. The molecule has 1 unspecified atom stereocenters. The molecule has 0 aromatic heterocycles. The number of para-hydroxylation sites is 1. The molecule has 0 saturated carbocycles. The quantitative estimate of drug-likeness (QED) is 0.458. The fraction of sp³-hybridized carbons (Fsp3) is 0.364. The number of rotatable bonds is 10. The molecule has 1 fully saturated rings. The largest absolute Gasteiger partial charge is 0.383 e. The third-order valence-corrected chi connectivity index (χ3v) is 6.79. The first-order chi connectivity index (χ1) is 15.3. The Labute approximate surface area is 188 Å². The van der Waals surface area contributed by atoms with Crippen LogP contribution in [0.25, 0.3) is 0 Å². The van der Waals surface area contributed by atoms with Gasteiger partial charge in [0.2, 0.25) is 15.9 Å². The van der Waals surface area contributed by atoms with Crippen LogP contribution in [0.5, 0.6) is 0 Å². The zero-order valence-electron chi connectivity index (χ0n) is 17.9. The van der Waals surface area contributed by atoms with Gasteiger partial charge in [-0.2, -0.15) is 0 Å². The van der Waals surface area contributed by atoms with E-state index in [1.807, 2.05) is 17.0 Å². The van der Waals surface area contributed by atoms with Crippen molar-refractivity contribution in [1.29, 1.82) is 0 Å². The van der Waals surface area contributed by atoms with E-state index in [2.05, 4.69) is 10.0 Å². The zero-order chi connectivity index (χ0) is 23.1. The molecular weight excluding hydrogens is 432 g/mol. The zero-order valence-corrected chi connectivity index (χ0v) is 18.7. The smallest absolute Gasteiger partial charge is 0.255 e. The van der Waals surface area contributed by atoms with Crippen LogP contribution in [-0.2, 0) is 26.1 Å². The minimum absolute atomic E-state index is 0.00379. The van der Waals surface area contributed by atoms with Crippen molar-refractivity contribution in [2.45, 2.75) is 30.3 Å². The van der Waals surface area contributed by atoms with Crippen LogP contribution in [0.1, 0.15) is 28.8 Å². The van der Waals surface area contributed by atoms with Crippen molar-refractivity contribution in [3.05, 3.63) is 59.7 Å². The van der Waals surface area contributed by atoms with Crippen molar-refractivity contribution < 1.29 is 22.7 Å². The predicted molar refractivity (Wildman–Crippen MR) is 121 cm³/mol. The first-order valence-electron chi connectivity index (χ1n) is 10.3. The summed E-state index contributed by atoms with van der Waals surface area (Å²) in [5.74, 6) is -0.777. The third kappa shape index (κ3) is 5.92. The minimum atomic E-state index is -3.76. The summed E-state index contributed by atoms with van der Waals surface area (Å²) in [7, 11) is -2.28. The lowest BCUT2D eigenvalue weighted by Crippen LogP contribution is -2.39. The topological polar surface area (TPSA) is 131 Å². The number of carbonyl (C=O) groups is 2. The van der Waals surface area contributed by atoms with Gasteiger partial charge in [-0.05, 0) is 49.2 Å². The highest BCUT2D eigenvalue weighted by Gasteiger charge is 2.29. The Morgan fingerprint density at radius 3 is 2.72 bits per heavy atom. The first kappa shape index (κ1) is 23.9. The van der Waals surface area contributed by atoms with Crippen LogP contribution in [-0.4, -0.2) is 58.0 Å². The van der Waals surface area contributed by atoms with E-state index in [1.165, 1.54) is 25.3 Å². The maximum Gasteiger partial charge on any atom is 0.255 e. The van der Waals surface area contributed by atoms with Crippen molar-refractivity contribution in [2.75, 3.05) is 32.1 Å². The molecular formula is C22H28N4O5S. The Morgan fingerprint density at radius 2 is 1.97 bits per heavy atom. The minimum Gasteiger partial charge on any atom is -0.383 e. The highest BCUT2D eigenvalue weighted by molar-refractivity contribution is 7.89. The fourth-order valence-corrected chi connectivity index (χ4v) is 4.76. The molecule has 0 bridgehead atoms. The number of nitrogens with zero attached hydrogens (tertiary/aromatic N) is 1. The molecule has 2 aromatic carbocycles. The Hall–Kier alpha value is -2.79. The second kappa shape index (κ2) is 10.7. The van der Waals surface area contributed by atoms with Gasteiger partial charge in [0, 0.05) is 31.5 Å². The molecule has 10 heteroatoms. The number of primary amides is 1. The maximum absolute atomic E-state index is 12.9. The van der Waals surface area contributed by atoms with Crippen LogP contribution in [0.15, 0.2) is 53.4 Å². The SMILES string of the molecule is COCCNS(=O)(=O)c1cccc(C(=O)Nc2ccccc2CN2CCCC2C(N)=O)c1. The van der Waals surface area contributed by atoms with Crippen molar-refractivity contribution >= 4 is 27.5 Å². The number of hydrogen-bond donors (Lipinski definition) is 3. The van der Waals surface area contributed by atoms with Crippen LogP contribution in [0, 0.1) is 0 Å². The van der Waals surface area contributed by atoms with Gasteiger partial charge in [-0.15, -0.1) is 0 Å². The molecule has 0 spiro atoms.